The first-order chi connectivity index (χ1) is 16.6. The van der Waals surface area contributed by atoms with E-state index in [-0.39, 0.29) is 34.4 Å². The van der Waals surface area contributed by atoms with Gasteiger partial charge in [0.25, 0.3) is 0 Å². The number of carboxylic acids is 1. The molecule has 180 valence electrons. The van der Waals surface area contributed by atoms with Gasteiger partial charge in [-0.2, -0.15) is 5.26 Å². The number of hydrogen-bond acceptors (Lipinski definition) is 8. The summed E-state index contributed by atoms with van der Waals surface area (Å²) in [6, 6.07) is 8.83. The van der Waals surface area contributed by atoms with Crippen LogP contribution >= 0.6 is 11.6 Å². The summed E-state index contributed by atoms with van der Waals surface area (Å²) in [6.45, 7) is 6.95. The van der Waals surface area contributed by atoms with Crippen LogP contribution in [0.4, 0.5) is 11.5 Å². The van der Waals surface area contributed by atoms with Gasteiger partial charge in [0.05, 0.1) is 28.4 Å². The second kappa shape index (κ2) is 8.33. The number of piperidine rings is 2. The lowest BCUT2D eigenvalue weighted by Gasteiger charge is -2.58. The van der Waals surface area contributed by atoms with Crippen molar-refractivity contribution in [1.29, 1.82) is 5.26 Å². The highest BCUT2D eigenvalue weighted by Crippen LogP contribution is 2.49. The average molecular weight is 493 g/mol. The summed E-state index contributed by atoms with van der Waals surface area (Å²) >= 11 is 5.90. The second-order valence-corrected chi connectivity index (χ2v) is 10.1. The molecule has 9 nitrogen and oxygen atoms in total. The number of fused-ring (bicyclic) bond motifs is 3. The largest absolute Gasteiger partial charge is 0.476 e. The number of nitrogens with zero attached hydrogens (tertiary/aromatic N) is 5. The normalized spacial score (nSPS) is 23.9. The molecule has 1 aromatic carbocycles. The fraction of sp³-hybridized carbons (Fsp3) is 0.400. The summed E-state index contributed by atoms with van der Waals surface area (Å²) in [5, 5.41) is 33.3. The van der Waals surface area contributed by atoms with E-state index >= 15 is 0 Å². The number of hydrogen-bond donors (Lipinski definition) is 3. The maximum atomic E-state index is 11.7. The lowest BCUT2D eigenvalue weighted by molar-refractivity contribution is -0.145. The minimum absolute atomic E-state index is 0.0970. The molecule has 0 amide bonds. The highest BCUT2D eigenvalue weighted by molar-refractivity contribution is 6.29. The van der Waals surface area contributed by atoms with Gasteiger partial charge in [0, 0.05) is 30.5 Å². The number of anilines is 2. The first-order valence-corrected chi connectivity index (χ1v) is 11.8. The zero-order valence-electron chi connectivity index (χ0n) is 19.6. The van der Waals surface area contributed by atoms with Crippen molar-refractivity contribution in [2.75, 3.05) is 23.3 Å². The predicted octanol–water partition coefficient (Wildman–Crippen LogP) is 3.94. The van der Waals surface area contributed by atoms with Crippen LogP contribution in [0.2, 0.25) is 5.15 Å². The summed E-state index contributed by atoms with van der Waals surface area (Å²) in [5.41, 5.74) is 2.73. The molecule has 1 saturated carbocycles. The van der Waals surface area contributed by atoms with Gasteiger partial charge in [-0.15, -0.1) is 0 Å². The van der Waals surface area contributed by atoms with E-state index < -0.39 is 11.6 Å². The number of aryl methyl sites for hydroxylation is 1. The molecule has 0 radical (unpaired) electrons. The number of rotatable bonds is 5. The van der Waals surface area contributed by atoms with Crippen LogP contribution in [-0.4, -0.2) is 49.8 Å². The van der Waals surface area contributed by atoms with Crippen molar-refractivity contribution >= 4 is 40.1 Å². The third-order valence-corrected chi connectivity index (χ3v) is 7.55. The zero-order chi connectivity index (χ0) is 25.1. The average Bonchev–Trinajstić information content (AvgIpc) is 2.83. The molecule has 2 unspecified atom stereocenters. The number of halogens is 1. The molecule has 4 heterocycles. The Morgan fingerprint density at radius 2 is 2.00 bits per heavy atom. The van der Waals surface area contributed by atoms with Crippen molar-refractivity contribution in [1.82, 2.24) is 15.0 Å². The smallest absolute Gasteiger partial charge is 0.356 e. The van der Waals surface area contributed by atoms with Crippen molar-refractivity contribution in [2.45, 2.75) is 38.8 Å². The molecule has 3 aromatic rings. The molecule has 2 aliphatic heterocycles. The Morgan fingerprint density at radius 1 is 1.29 bits per heavy atom. The molecule has 10 heteroatoms. The van der Waals surface area contributed by atoms with Gasteiger partial charge >= 0.3 is 5.97 Å². The number of nitrogens with one attached hydrogen (secondary N) is 1. The molecule has 3 fully saturated rings. The van der Waals surface area contributed by atoms with Gasteiger partial charge in [0.1, 0.15) is 11.2 Å². The first-order valence-electron chi connectivity index (χ1n) is 11.4. The second-order valence-electron chi connectivity index (χ2n) is 9.69. The molecule has 3 N–H and O–H groups in total. The van der Waals surface area contributed by atoms with E-state index in [9.17, 15) is 20.3 Å². The van der Waals surface area contributed by atoms with E-state index in [4.69, 9.17) is 16.6 Å². The minimum atomic E-state index is -1.18. The Balaban J connectivity index is 1.56. The van der Waals surface area contributed by atoms with Crippen molar-refractivity contribution in [3.05, 3.63) is 51.9 Å². The Labute approximate surface area is 207 Å². The predicted molar refractivity (Wildman–Crippen MR) is 132 cm³/mol. The minimum Gasteiger partial charge on any atom is -0.476 e. The van der Waals surface area contributed by atoms with Crippen molar-refractivity contribution in [3.63, 3.8) is 0 Å². The van der Waals surface area contributed by atoms with E-state index in [0.717, 1.165) is 17.5 Å². The monoisotopic (exact) mass is 492 g/mol. The van der Waals surface area contributed by atoms with Crippen molar-refractivity contribution < 1.29 is 15.0 Å². The third kappa shape index (κ3) is 3.93. The number of aromatic carboxylic acids is 1. The highest BCUT2D eigenvalue weighted by atomic mass is 35.5. The molecule has 0 spiro atoms. The maximum Gasteiger partial charge on any atom is 0.356 e. The number of aromatic nitrogens is 3. The lowest BCUT2D eigenvalue weighted by atomic mass is 9.59. The molecular formula is C25H25ClN6O3. The summed E-state index contributed by atoms with van der Waals surface area (Å²) in [6.07, 6.45) is 0.971. The van der Waals surface area contributed by atoms with Crippen molar-refractivity contribution in [3.8, 4) is 6.07 Å². The van der Waals surface area contributed by atoms with E-state index in [1.807, 2.05) is 32.9 Å². The zero-order valence-corrected chi connectivity index (χ0v) is 20.3. The van der Waals surface area contributed by atoms with Crippen LogP contribution in [0.5, 0.6) is 0 Å². The van der Waals surface area contributed by atoms with Gasteiger partial charge in [0.15, 0.2) is 17.2 Å². The van der Waals surface area contributed by atoms with Crippen LogP contribution in [0.25, 0.3) is 11.0 Å². The summed E-state index contributed by atoms with van der Waals surface area (Å²) < 4.78 is 0. The van der Waals surface area contributed by atoms with Gasteiger partial charge < -0.3 is 20.4 Å². The fourth-order valence-corrected chi connectivity index (χ4v) is 5.41. The molecule has 3 atom stereocenters. The van der Waals surface area contributed by atoms with E-state index in [1.54, 1.807) is 6.07 Å². The SMILES string of the molecule is Cc1cc([C@@H](C)Nc2ccc(Cl)nc2C(=O)O)c2nc(N3CC4CC(C3)C4(C)O)c(C#N)nc2c1. The quantitative estimate of drug-likeness (QED) is 0.452. The summed E-state index contributed by atoms with van der Waals surface area (Å²) in [4.78, 5) is 27.2. The number of nitriles is 1. The van der Waals surface area contributed by atoms with Crippen LogP contribution in [0, 0.1) is 30.1 Å². The lowest BCUT2D eigenvalue weighted by Crippen LogP contribution is -2.65. The van der Waals surface area contributed by atoms with Crippen LogP contribution in [0.15, 0.2) is 24.3 Å². The Bertz CT molecular complexity index is 1390. The fourth-order valence-electron chi connectivity index (χ4n) is 5.27. The van der Waals surface area contributed by atoms with Gasteiger partial charge in [-0.05, 0) is 51.0 Å². The number of carbonyl (C=O) groups is 1. The summed E-state index contributed by atoms with van der Waals surface area (Å²) in [5.74, 6) is -0.399. The number of pyridine rings is 1. The molecule has 2 bridgehead atoms. The summed E-state index contributed by atoms with van der Waals surface area (Å²) in [7, 11) is 0. The van der Waals surface area contributed by atoms with Gasteiger partial charge in [-0.25, -0.2) is 19.7 Å². The van der Waals surface area contributed by atoms with E-state index in [1.165, 1.54) is 6.07 Å². The van der Waals surface area contributed by atoms with Crippen LogP contribution in [0.3, 0.4) is 0 Å². The standard InChI is InChI=1S/C25H25ClN6O3/c1-12-6-16(13(2)28-17-4-5-20(26)30-22(17)24(33)34)21-18(7-12)29-19(9-27)23(31-21)32-10-14-8-15(11-32)25(14,3)35/h4-7,13-15,28,35H,8,10-11H2,1-3H3,(H,33,34)/t13-,14?,15?,25?/m1/s1. The molecule has 1 aliphatic carbocycles. The van der Waals surface area contributed by atoms with E-state index in [2.05, 4.69) is 26.3 Å². The number of carboxylic acid groups (broad SMARTS) is 1. The maximum absolute atomic E-state index is 11.7. The molecule has 2 aromatic heterocycles. The van der Waals surface area contributed by atoms with Crippen LogP contribution in [-0.2, 0) is 0 Å². The van der Waals surface area contributed by atoms with Crippen molar-refractivity contribution in [2.24, 2.45) is 11.8 Å². The Morgan fingerprint density at radius 3 is 2.63 bits per heavy atom. The van der Waals surface area contributed by atoms with Gasteiger partial charge in [-0.1, -0.05) is 17.7 Å². The molecule has 6 rings (SSSR count). The molecule has 3 aliphatic rings. The molecular weight excluding hydrogens is 468 g/mol. The van der Waals surface area contributed by atoms with Crippen LogP contribution in [0.1, 0.15) is 53.6 Å². The Hall–Kier alpha value is -3.48. The van der Waals surface area contributed by atoms with E-state index in [0.29, 0.717) is 35.6 Å². The molecule has 35 heavy (non-hydrogen) atoms. The number of aliphatic hydroxyl groups is 1. The number of benzene rings is 1. The van der Waals surface area contributed by atoms with Gasteiger partial charge in [0.2, 0.25) is 0 Å². The van der Waals surface area contributed by atoms with Crippen LogP contribution < -0.4 is 10.2 Å². The molecule has 2 saturated heterocycles. The van der Waals surface area contributed by atoms with Gasteiger partial charge in [-0.3, -0.25) is 0 Å². The first kappa shape index (κ1) is 23.3. The Kier molecular flexibility index (Phi) is 5.54. The highest BCUT2D eigenvalue weighted by Gasteiger charge is 2.55. The third-order valence-electron chi connectivity index (χ3n) is 7.34. The topological polar surface area (TPSA) is 135 Å².